The number of sulfonamides is 1. The van der Waals surface area contributed by atoms with Gasteiger partial charge in [0.2, 0.25) is 0 Å². The van der Waals surface area contributed by atoms with Crippen LogP contribution in [0, 0.1) is 18.6 Å². The third-order valence-electron chi connectivity index (χ3n) is 4.04. The summed E-state index contributed by atoms with van der Waals surface area (Å²) in [6, 6.07) is 12.5. The summed E-state index contributed by atoms with van der Waals surface area (Å²) in [6.07, 6.45) is 0. The lowest BCUT2D eigenvalue weighted by Gasteiger charge is -2.12. The summed E-state index contributed by atoms with van der Waals surface area (Å²) in [5.41, 5.74) is 0.636. The molecule has 0 saturated carbocycles. The van der Waals surface area contributed by atoms with Gasteiger partial charge in [0, 0.05) is 16.3 Å². The molecule has 0 aromatic heterocycles. The number of benzene rings is 3. The summed E-state index contributed by atoms with van der Waals surface area (Å²) in [6.45, 7) is 1.62. The number of halogens is 3. The van der Waals surface area contributed by atoms with Gasteiger partial charge < -0.3 is 5.32 Å². The number of rotatable bonds is 5. The van der Waals surface area contributed by atoms with E-state index in [4.69, 9.17) is 11.6 Å². The van der Waals surface area contributed by atoms with E-state index in [0.29, 0.717) is 5.56 Å². The lowest BCUT2D eigenvalue weighted by atomic mass is 10.1. The molecule has 2 N–H and O–H groups in total. The number of nitrogens with one attached hydrogen (secondary N) is 2. The molecule has 0 unspecified atom stereocenters. The van der Waals surface area contributed by atoms with Crippen molar-refractivity contribution in [3.8, 4) is 0 Å². The second kappa shape index (κ2) is 8.18. The van der Waals surface area contributed by atoms with E-state index in [-0.39, 0.29) is 26.9 Å². The molecule has 1 amide bonds. The van der Waals surface area contributed by atoms with Crippen molar-refractivity contribution < 1.29 is 22.0 Å². The molecule has 0 radical (unpaired) electrons. The first-order valence-corrected chi connectivity index (χ1v) is 10.2. The van der Waals surface area contributed by atoms with Crippen molar-refractivity contribution in [2.45, 2.75) is 11.8 Å². The van der Waals surface area contributed by atoms with Crippen molar-refractivity contribution >= 4 is 38.9 Å². The summed E-state index contributed by atoms with van der Waals surface area (Å²) in [4.78, 5) is 12.4. The average Bonchev–Trinajstić information content (AvgIpc) is 2.66. The zero-order chi connectivity index (χ0) is 21.2. The molecule has 0 aliphatic rings. The Hall–Kier alpha value is -2.97. The number of carbonyl (C=O) groups excluding carboxylic acids is 1. The summed E-state index contributed by atoms with van der Waals surface area (Å²) in [5, 5.41) is 2.58. The van der Waals surface area contributed by atoms with Gasteiger partial charge in [-0.3, -0.25) is 9.52 Å². The Kier molecular flexibility index (Phi) is 5.86. The lowest BCUT2D eigenvalue weighted by Crippen LogP contribution is -2.17. The van der Waals surface area contributed by atoms with Crippen molar-refractivity contribution in [1.29, 1.82) is 0 Å². The normalized spacial score (nSPS) is 11.2. The highest BCUT2D eigenvalue weighted by Crippen LogP contribution is 2.23. The van der Waals surface area contributed by atoms with Gasteiger partial charge in [0.15, 0.2) is 0 Å². The highest BCUT2D eigenvalue weighted by Gasteiger charge is 2.19. The molecular weight excluding hydrogens is 422 g/mol. The molecule has 0 spiro atoms. The van der Waals surface area contributed by atoms with Crippen LogP contribution < -0.4 is 10.0 Å². The van der Waals surface area contributed by atoms with Gasteiger partial charge in [0.25, 0.3) is 15.9 Å². The van der Waals surface area contributed by atoms with E-state index in [0.717, 1.165) is 18.2 Å². The van der Waals surface area contributed by atoms with Crippen LogP contribution in [0.15, 0.2) is 65.6 Å². The molecule has 29 heavy (non-hydrogen) atoms. The van der Waals surface area contributed by atoms with E-state index in [1.807, 2.05) is 0 Å². The highest BCUT2D eigenvalue weighted by atomic mass is 35.5. The summed E-state index contributed by atoms with van der Waals surface area (Å²) < 4.78 is 54.5. The zero-order valence-electron chi connectivity index (χ0n) is 15.0. The Balaban J connectivity index is 1.88. The predicted molar refractivity (Wildman–Crippen MR) is 108 cm³/mol. The van der Waals surface area contributed by atoms with Gasteiger partial charge in [-0.1, -0.05) is 17.7 Å². The fraction of sp³-hybridized carbons (Fsp3) is 0.0500. The first-order valence-electron chi connectivity index (χ1n) is 8.31. The van der Waals surface area contributed by atoms with Gasteiger partial charge >= 0.3 is 0 Å². The molecule has 5 nitrogen and oxygen atoms in total. The van der Waals surface area contributed by atoms with Crippen molar-refractivity contribution in [3.63, 3.8) is 0 Å². The SMILES string of the molecule is Cc1ccc(S(=O)(=O)Nc2ccc(F)cc2)cc1C(=O)Nc1ccc(Cl)cc1F. The van der Waals surface area contributed by atoms with Gasteiger partial charge in [-0.15, -0.1) is 0 Å². The van der Waals surface area contributed by atoms with Gasteiger partial charge in [0.05, 0.1) is 10.6 Å². The summed E-state index contributed by atoms with van der Waals surface area (Å²) in [7, 11) is -4.03. The minimum Gasteiger partial charge on any atom is -0.319 e. The predicted octanol–water partition coefficient (Wildman–Crippen LogP) is 4.98. The molecule has 150 valence electrons. The fourth-order valence-electron chi connectivity index (χ4n) is 2.53. The maximum Gasteiger partial charge on any atom is 0.261 e. The van der Waals surface area contributed by atoms with Gasteiger partial charge in [-0.2, -0.15) is 0 Å². The topological polar surface area (TPSA) is 75.3 Å². The Morgan fingerprint density at radius 1 is 0.966 bits per heavy atom. The van der Waals surface area contributed by atoms with Crippen LogP contribution in [0.4, 0.5) is 20.2 Å². The van der Waals surface area contributed by atoms with Crippen molar-refractivity contribution in [3.05, 3.63) is 88.4 Å². The minimum absolute atomic E-state index is 0.0568. The van der Waals surface area contributed by atoms with E-state index < -0.39 is 27.6 Å². The molecule has 0 bridgehead atoms. The second-order valence-corrected chi connectivity index (χ2v) is 8.29. The molecule has 0 atom stereocenters. The van der Waals surface area contributed by atoms with Crippen LogP contribution in [0.1, 0.15) is 15.9 Å². The molecule has 0 aliphatic carbocycles. The largest absolute Gasteiger partial charge is 0.319 e. The smallest absolute Gasteiger partial charge is 0.261 e. The maximum atomic E-state index is 13.9. The fourth-order valence-corrected chi connectivity index (χ4v) is 3.77. The second-order valence-electron chi connectivity index (χ2n) is 6.17. The van der Waals surface area contributed by atoms with E-state index in [1.54, 1.807) is 6.92 Å². The zero-order valence-corrected chi connectivity index (χ0v) is 16.6. The van der Waals surface area contributed by atoms with E-state index in [9.17, 15) is 22.0 Å². The Morgan fingerprint density at radius 2 is 1.66 bits per heavy atom. The third kappa shape index (κ3) is 4.90. The van der Waals surface area contributed by atoms with Crippen LogP contribution in [-0.2, 0) is 10.0 Å². The quantitative estimate of drug-likeness (QED) is 0.592. The first-order chi connectivity index (χ1) is 13.7. The number of amides is 1. The monoisotopic (exact) mass is 436 g/mol. The Morgan fingerprint density at radius 3 is 2.31 bits per heavy atom. The molecule has 0 saturated heterocycles. The van der Waals surface area contributed by atoms with Crippen LogP contribution in [0.2, 0.25) is 5.02 Å². The van der Waals surface area contributed by atoms with Crippen molar-refractivity contribution in [2.24, 2.45) is 0 Å². The minimum atomic E-state index is -4.03. The van der Waals surface area contributed by atoms with Crippen LogP contribution in [-0.4, -0.2) is 14.3 Å². The number of hydrogen-bond acceptors (Lipinski definition) is 3. The number of aryl methyl sites for hydroxylation is 1. The molecular formula is C20H15ClF2N2O3S. The third-order valence-corrected chi connectivity index (χ3v) is 5.65. The van der Waals surface area contributed by atoms with E-state index in [2.05, 4.69) is 10.0 Å². The van der Waals surface area contributed by atoms with Crippen LogP contribution >= 0.6 is 11.6 Å². The molecule has 0 heterocycles. The van der Waals surface area contributed by atoms with Crippen LogP contribution in [0.3, 0.4) is 0 Å². The number of anilines is 2. The lowest BCUT2D eigenvalue weighted by molar-refractivity contribution is 0.102. The molecule has 0 aliphatic heterocycles. The Labute approximate surface area is 171 Å². The van der Waals surface area contributed by atoms with Gasteiger partial charge in [-0.25, -0.2) is 17.2 Å². The van der Waals surface area contributed by atoms with Crippen LogP contribution in [0.25, 0.3) is 0 Å². The van der Waals surface area contributed by atoms with Gasteiger partial charge in [0.1, 0.15) is 11.6 Å². The van der Waals surface area contributed by atoms with Gasteiger partial charge in [-0.05, 0) is 67.1 Å². The van der Waals surface area contributed by atoms with Crippen molar-refractivity contribution in [2.75, 3.05) is 10.0 Å². The average molecular weight is 437 g/mol. The maximum absolute atomic E-state index is 13.9. The molecule has 9 heteroatoms. The summed E-state index contributed by atoms with van der Waals surface area (Å²) in [5.74, 6) is -1.90. The highest BCUT2D eigenvalue weighted by molar-refractivity contribution is 7.92. The number of hydrogen-bond donors (Lipinski definition) is 2. The van der Waals surface area contributed by atoms with Crippen LogP contribution in [0.5, 0.6) is 0 Å². The van der Waals surface area contributed by atoms with E-state index >= 15 is 0 Å². The molecule has 3 rings (SSSR count). The van der Waals surface area contributed by atoms with Crippen molar-refractivity contribution in [1.82, 2.24) is 0 Å². The standard InChI is InChI=1S/C20H15ClF2N2O3S/c1-12-2-8-16(29(27,28)25-15-6-4-14(22)5-7-15)11-17(12)20(26)24-19-9-3-13(21)10-18(19)23/h2-11,25H,1H3,(H,24,26). The van der Waals surface area contributed by atoms with E-state index in [1.165, 1.54) is 42.5 Å². The Bertz CT molecular complexity index is 1180. The molecule has 3 aromatic carbocycles. The molecule has 0 fully saturated rings. The molecule has 3 aromatic rings. The summed E-state index contributed by atoms with van der Waals surface area (Å²) >= 11 is 5.69. The number of carbonyl (C=O) groups is 1. The first kappa shape index (κ1) is 20.8.